The van der Waals surface area contributed by atoms with Crippen molar-refractivity contribution in [1.82, 2.24) is 4.98 Å². The summed E-state index contributed by atoms with van der Waals surface area (Å²) < 4.78 is 0. The first-order valence-electron chi connectivity index (χ1n) is 7.00. The Kier molecular flexibility index (Phi) is 4.28. The van der Waals surface area contributed by atoms with Gasteiger partial charge >= 0.3 is 0 Å². The SMILES string of the molecule is Cc1cc(C)c(CCNc2cc(C)c(N)cn2)c(C)c1. The van der Waals surface area contributed by atoms with E-state index in [4.69, 9.17) is 5.73 Å². The van der Waals surface area contributed by atoms with Crippen LogP contribution in [0, 0.1) is 27.7 Å². The number of aryl methyl sites for hydroxylation is 4. The monoisotopic (exact) mass is 269 g/mol. The maximum atomic E-state index is 5.77. The van der Waals surface area contributed by atoms with Crippen LogP contribution in [0.3, 0.4) is 0 Å². The quantitative estimate of drug-likeness (QED) is 0.892. The Balaban J connectivity index is 2.01. The summed E-state index contributed by atoms with van der Waals surface area (Å²) >= 11 is 0. The molecule has 0 unspecified atom stereocenters. The second-order valence-electron chi connectivity index (χ2n) is 5.48. The predicted molar refractivity (Wildman–Crippen MR) is 86.2 cm³/mol. The molecule has 0 saturated carbocycles. The molecule has 0 saturated heterocycles. The number of hydrogen-bond donors (Lipinski definition) is 2. The normalized spacial score (nSPS) is 10.6. The fourth-order valence-corrected chi connectivity index (χ4v) is 2.58. The van der Waals surface area contributed by atoms with E-state index in [1.807, 2.05) is 13.0 Å². The number of nitrogens with zero attached hydrogens (tertiary/aromatic N) is 1. The van der Waals surface area contributed by atoms with Crippen LogP contribution < -0.4 is 11.1 Å². The summed E-state index contributed by atoms with van der Waals surface area (Å²) in [5, 5.41) is 3.36. The number of benzene rings is 1. The average Bonchev–Trinajstić information content (AvgIpc) is 2.36. The zero-order chi connectivity index (χ0) is 14.7. The van der Waals surface area contributed by atoms with Crippen molar-refractivity contribution in [3.05, 3.63) is 52.2 Å². The molecule has 0 aliphatic heterocycles. The van der Waals surface area contributed by atoms with E-state index in [1.165, 1.54) is 22.3 Å². The van der Waals surface area contributed by atoms with Crippen LogP contribution in [0.5, 0.6) is 0 Å². The number of nitrogen functional groups attached to an aromatic ring is 1. The van der Waals surface area contributed by atoms with E-state index in [0.29, 0.717) is 0 Å². The van der Waals surface area contributed by atoms with Gasteiger partial charge < -0.3 is 11.1 Å². The number of rotatable bonds is 4. The van der Waals surface area contributed by atoms with Crippen molar-refractivity contribution in [2.75, 3.05) is 17.6 Å². The number of nitrogens with one attached hydrogen (secondary N) is 1. The summed E-state index contributed by atoms with van der Waals surface area (Å²) in [7, 11) is 0. The Morgan fingerprint density at radius 3 is 2.25 bits per heavy atom. The summed E-state index contributed by atoms with van der Waals surface area (Å²) in [6.07, 6.45) is 2.71. The molecule has 0 bridgehead atoms. The number of hydrogen-bond acceptors (Lipinski definition) is 3. The molecule has 3 nitrogen and oxygen atoms in total. The number of pyridine rings is 1. The molecular weight excluding hydrogens is 246 g/mol. The molecule has 0 atom stereocenters. The summed E-state index contributed by atoms with van der Waals surface area (Å²) in [6, 6.07) is 6.48. The van der Waals surface area contributed by atoms with Gasteiger partial charge in [-0.3, -0.25) is 0 Å². The third-order valence-corrected chi connectivity index (χ3v) is 3.67. The van der Waals surface area contributed by atoms with Crippen molar-refractivity contribution in [2.24, 2.45) is 0 Å². The fraction of sp³-hybridized carbons (Fsp3) is 0.353. The van der Waals surface area contributed by atoms with E-state index < -0.39 is 0 Å². The van der Waals surface area contributed by atoms with Crippen LogP contribution in [0.4, 0.5) is 11.5 Å². The highest BCUT2D eigenvalue weighted by molar-refractivity contribution is 5.51. The lowest BCUT2D eigenvalue weighted by atomic mass is 9.97. The van der Waals surface area contributed by atoms with Gasteiger partial charge in [0.05, 0.1) is 11.9 Å². The predicted octanol–water partition coefficient (Wildman–Crippen LogP) is 3.55. The zero-order valence-corrected chi connectivity index (χ0v) is 12.7. The van der Waals surface area contributed by atoms with Crippen LogP contribution in [0.25, 0.3) is 0 Å². The Morgan fingerprint density at radius 1 is 1.00 bits per heavy atom. The van der Waals surface area contributed by atoms with Crippen molar-refractivity contribution in [1.29, 1.82) is 0 Å². The van der Waals surface area contributed by atoms with Crippen LogP contribution >= 0.6 is 0 Å². The van der Waals surface area contributed by atoms with Gasteiger partial charge in [0.2, 0.25) is 0 Å². The van der Waals surface area contributed by atoms with Crippen molar-refractivity contribution in [3.63, 3.8) is 0 Å². The molecule has 3 N–H and O–H groups in total. The van der Waals surface area contributed by atoms with Crippen LogP contribution in [-0.4, -0.2) is 11.5 Å². The summed E-state index contributed by atoms with van der Waals surface area (Å²) in [5.41, 5.74) is 13.1. The molecule has 2 rings (SSSR count). The zero-order valence-electron chi connectivity index (χ0n) is 12.7. The molecule has 1 aromatic heterocycles. The second-order valence-corrected chi connectivity index (χ2v) is 5.48. The summed E-state index contributed by atoms with van der Waals surface area (Å²) in [5.74, 6) is 0.888. The lowest BCUT2D eigenvalue weighted by molar-refractivity contribution is 0.977. The number of anilines is 2. The molecule has 1 heterocycles. The molecule has 3 heteroatoms. The molecule has 0 fully saturated rings. The second kappa shape index (κ2) is 5.95. The van der Waals surface area contributed by atoms with E-state index in [2.05, 4.69) is 43.2 Å². The molecule has 0 radical (unpaired) electrons. The summed E-state index contributed by atoms with van der Waals surface area (Å²) in [4.78, 5) is 4.29. The molecule has 0 aliphatic carbocycles. The Labute approximate surface area is 121 Å². The highest BCUT2D eigenvalue weighted by Crippen LogP contribution is 2.17. The minimum absolute atomic E-state index is 0.737. The smallest absolute Gasteiger partial charge is 0.126 e. The molecule has 0 aliphatic rings. The van der Waals surface area contributed by atoms with Gasteiger partial charge in [-0.1, -0.05) is 17.7 Å². The van der Waals surface area contributed by atoms with Gasteiger partial charge in [0.1, 0.15) is 5.82 Å². The Bertz CT molecular complexity index is 595. The Morgan fingerprint density at radius 2 is 1.65 bits per heavy atom. The van der Waals surface area contributed by atoms with Crippen LogP contribution in [0.2, 0.25) is 0 Å². The van der Waals surface area contributed by atoms with E-state index in [-0.39, 0.29) is 0 Å². The molecule has 106 valence electrons. The first-order valence-corrected chi connectivity index (χ1v) is 7.00. The standard InChI is InChI=1S/C17H23N3/c1-11-7-12(2)15(13(3)8-11)5-6-19-17-9-14(4)16(18)10-20-17/h7-10H,5-6,18H2,1-4H3,(H,19,20). The summed E-state index contributed by atoms with van der Waals surface area (Å²) in [6.45, 7) is 9.38. The van der Waals surface area contributed by atoms with Crippen LogP contribution in [0.15, 0.2) is 24.4 Å². The van der Waals surface area contributed by atoms with Crippen molar-refractivity contribution in [2.45, 2.75) is 34.1 Å². The van der Waals surface area contributed by atoms with Gasteiger partial charge in [-0.05, 0) is 62.4 Å². The van der Waals surface area contributed by atoms with Crippen molar-refractivity contribution < 1.29 is 0 Å². The Hall–Kier alpha value is -2.03. The fourth-order valence-electron chi connectivity index (χ4n) is 2.58. The first-order chi connectivity index (χ1) is 9.47. The molecule has 20 heavy (non-hydrogen) atoms. The van der Waals surface area contributed by atoms with Gasteiger partial charge in [0.25, 0.3) is 0 Å². The first kappa shape index (κ1) is 14.4. The van der Waals surface area contributed by atoms with Gasteiger partial charge in [-0.15, -0.1) is 0 Å². The molecule has 1 aromatic carbocycles. The van der Waals surface area contributed by atoms with Gasteiger partial charge in [-0.25, -0.2) is 4.98 Å². The van der Waals surface area contributed by atoms with E-state index >= 15 is 0 Å². The van der Waals surface area contributed by atoms with Crippen molar-refractivity contribution in [3.8, 4) is 0 Å². The van der Waals surface area contributed by atoms with Gasteiger partial charge in [0.15, 0.2) is 0 Å². The number of nitrogens with two attached hydrogens (primary N) is 1. The van der Waals surface area contributed by atoms with Gasteiger partial charge in [0, 0.05) is 6.54 Å². The van der Waals surface area contributed by atoms with Crippen LogP contribution in [-0.2, 0) is 6.42 Å². The third kappa shape index (κ3) is 3.29. The third-order valence-electron chi connectivity index (χ3n) is 3.67. The van der Waals surface area contributed by atoms with E-state index in [0.717, 1.165) is 30.0 Å². The minimum atomic E-state index is 0.737. The highest BCUT2D eigenvalue weighted by atomic mass is 15.0. The lowest BCUT2D eigenvalue weighted by Crippen LogP contribution is -2.09. The highest BCUT2D eigenvalue weighted by Gasteiger charge is 2.04. The number of aromatic nitrogens is 1. The van der Waals surface area contributed by atoms with E-state index in [9.17, 15) is 0 Å². The van der Waals surface area contributed by atoms with E-state index in [1.54, 1.807) is 6.20 Å². The molecule has 0 amide bonds. The molecule has 2 aromatic rings. The van der Waals surface area contributed by atoms with Gasteiger partial charge in [-0.2, -0.15) is 0 Å². The average molecular weight is 269 g/mol. The topological polar surface area (TPSA) is 50.9 Å². The molecule has 0 spiro atoms. The maximum Gasteiger partial charge on any atom is 0.126 e. The van der Waals surface area contributed by atoms with Crippen LogP contribution in [0.1, 0.15) is 27.8 Å². The maximum absolute atomic E-state index is 5.77. The lowest BCUT2D eigenvalue weighted by Gasteiger charge is -2.12. The largest absolute Gasteiger partial charge is 0.397 e. The molecular formula is C17H23N3. The minimum Gasteiger partial charge on any atom is -0.397 e. The van der Waals surface area contributed by atoms with Crippen molar-refractivity contribution >= 4 is 11.5 Å².